The lowest BCUT2D eigenvalue weighted by molar-refractivity contribution is 0.319. The minimum absolute atomic E-state index is 0.262. The number of fused-ring (bicyclic) bond motifs is 1. The predicted molar refractivity (Wildman–Crippen MR) is 79.5 cm³/mol. The molecule has 102 valence electrons. The molecule has 0 saturated heterocycles. The highest BCUT2D eigenvalue weighted by atomic mass is 35.5. The van der Waals surface area contributed by atoms with Crippen LogP contribution in [0, 0.1) is 0 Å². The smallest absolute Gasteiger partial charge is 0.179 e. The Morgan fingerprint density at radius 3 is 2.70 bits per heavy atom. The number of pyridine rings is 1. The molecule has 0 fully saturated rings. The van der Waals surface area contributed by atoms with Crippen LogP contribution >= 0.6 is 23.2 Å². The molecular weight excluding hydrogens is 297 g/mol. The molecule has 0 spiro atoms. The second-order valence-electron chi connectivity index (χ2n) is 4.23. The van der Waals surface area contributed by atoms with E-state index in [9.17, 15) is 0 Å². The number of hydrogen-bond donors (Lipinski definition) is 1. The summed E-state index contributed by atoms with van der Waals surface area (Å²) in [4.78, 5) is 11.6. The molecular formula is C14H11Cl2N3O. The van der Waals surface area contributed by atoms with E-state index in [0.29, 0.717) is 23.7 Å². The fourth-order valence-electron chi connectivity index (χ4n) is 1.85. The van der Waals surface area contributed by atoms with Crippen molar-refractivity contribution in [1.29, 1.82) is 0 Å². The molecule has 1 aromatic carbocycles. The van der Waals surface area contributed by atoms with Gasteiger partial charge in [-0.1, -0.05) is 41.4 Å². The zero-order valence-corrected chi connectivity index (χ0v) is 11.9. The Morgan fingerprint density at radius 2 is 1.90 bits per heavy atom. The Morgan fingerprint density at radius 1 is 1.10 bits per heavy atom. The minimum Gasteiger partial charge on any atom is -0.493 e. The number of para-hydroxylation sites is 1. The average molecular weight is 308 g/mol. The maximum absolute atomic E-state index is 5.91. The van der Waals surface area contributed by atoms with Gasteiger partial charge in [-0.3, -0.25) is 0 Å². The van der Waals surface area contributed by atoms with Gasteiger partial charge in [-0.15, -0.1) is 0 Å². The first-order valence-corrected chi connectivity index (χ1v) is 6.86. The van der Waals surface area contributed by atoms with Crippen molar-refractivity contribution in [2.45, 2.75) is 6.42 Å². The molecule has 0 aliphatic heterocycles. The molecule has 3 rings (SSSR count). The van der Waals surface area contributed by atoms with E-state index in [1.54, 1.807) is 6.07 Å². The van der Waals surface area contributed by atoms with E-state index < -0.39 is 0 Å². The third-order valence-corrected chi connectivity index (χ3v) is 3.46. The highest BCUT2D eigenvalue weighted by molar-refractivity contribution is 6.41. The monoisotopic (exact) mass is 307 g/mol. The van der Waals surface area contributed by atoms with Crippen molar-refractivity contribution in [2.75, 3.05) is 6.61 Å². The molecule has 0 bridgehead atoms. The molecule has 0 saturated carbocycles. The number of benzene rings is 1. The third kappa shape index (κ3) is 2.86. The van der Waals surface area contributed by atoms with E-state index in [1.807, 2.05) is 30.3 Å². The van der Waals surface area contributed by atoms with Crippen molar-refractivity contribution >= 4 is 34.4 Å². The Balaban J connectivity index is 1.69. The lowest BCUT2D eigenvalue weighted by Gasteiger charge is -2.03. The van der Waals surface area contributed by atoms with Gasteiger partial charge in [-0.05, 0) is 18.2 Å². The van der Waals surface area contributed by atoms with Crippen molar-refractivity contribution in [3.05, 3.63) is 52.4 Å². The van der Waals surface area contributed by atoms with E-state index in [1.165, 1.54) is 0 Å². The number of hydrogen-bond acceptors (Lipinski definition) is 3. The van der Waals surface area contributed by atoms with Crippen LogP contribution in [0.15, 0.2) is 36.4 Å². The fourth-order valence-corrected chi connectivity index (χ4v) is 2.13. The van der Waals surface area contributed by atoms with Gasteiger partial charge < -0.3 is 9.72 Å². The summed E-state index contributed by atoms with van der Waals surface area (Å²) in [6, 6.07) is 11.4. The predicted octanol–water partition coefficient (Wildman–Crippen LogP) is 3.89. The maximum atomic E-state index is 5.91. The molecule has 3 aromatic rings. The molecule has 0 atom stereocenters. The van der Waals surface area contributed by atoms with Gasteiger partial charge in [-0.2, -0.15) is 0 Å². The van der Waals surface area contributed by atoms with Crippen LogP contribution in [0.1, 0.15) is 5.82 Å². The topological polar surface area (TPSA) is 50.8 Å². The van der Waals surface area contributed by atoms with Gasteiger partial charge in [0.05, 0.1) is 17.1 Å². The number of ether oxygens (including phenoxy) is 1. The Bertz CT molecular complexity index is 689. The molecule has 0 radical (unpaired) electrons. The number of H-pyrrole nitrogens is 1. The first-order valence-electron chi connectivity index (χ1n) is 6.11. The largest absolute Gasteiger partial charge is 0.493 e. The van der Waals surface area contributed by atoms with Crippen LogP contribution < -0.4 is 4.74 Å². The molecule has 4 nitrogen and oxygen atoms in total. The fraction of sp³-hybridized carbons (Fsp3) is 0.143. The SMILES string of the molecule is Clc1cc2[nH]c(CCOc3ccccc3)nc2nc1Cl. The molecule has 0 unspecified atom stereocenters. The standard InChI is InChI=1S/C14H11Cl2N3O/c15-10-8-11-14(19-13(10)16)18-12(17-11)6-7-20-9-4-2-1-3-5-9/h1-5,8H,6-7H2,(H,17,18,19). The zero-order chi connectivity index (χ0) is 13.9. The van der Waals surface area contributed by atoms with Crippen molar-refractivity contribution < 1.29 is 4.74 Å². The maximum Gasteiger partial charge on any atom is 0.179 e. The van der Waals surface area contributed by atoms with E-state index >= 15 is 0 Å². The quantitative estimate of drug-likeness (QED) is 0.744. The molecule has 0 aliphatic carbocycles. The summed E-state index contributed by atoms with van der Waals surface area (Å²) in [6.07, 6.45) is 0.653. The summed E-state index contributed by atoms with van der Waals surface area (Å²) in [5, 5.41) is 0.674. The molecule has 2 aromatic heterocycles. The van der Waals surface area contributed by atoms with Gasteiger partial charge in [0.15, 0.2) is 5.65 Å². The number of aromatic amines is 1. The van der Waals surface area contributed by atoms with E-state index in [-0.39, 0.29) is 5.15 Å². The Kier molecular flexibility index (Phi) is 3.76. The Hall–Kier alpha value is -1.78. The highest BCUT2D eigenvalue weighted by Crippen LogP contribution is 2.23. The average Bonchev–Trinajstić information content (AvgIpc) is 2.82. The van der Waals surface area contributed by atoms with Crippen LogP contribution in [-0.4, -0.2) is 21.6 Å². The Labute approximate surface area is 125 Å². The van der Waals surface area contributed by atoms with E-state index in [0.717, 1.165) is 17.1 Å². The minimum atomic E-state index is 0.262. The van der Waals surface area contributed by atoms with Crippen molar-refractivity contribution in [2.24, 2.45) is 0 Å². The van der Waals surface area contributed by atoms with Gasteiger partial charge in [0.1, 0.15) is 16.7 Å². The van der Waals surface area contributed by atoms with Gasteiger partial charge in [0, 0.05) is 6.42 Å². The first-order chi connectivity index (χ1) is 9.72. The summed E-state index contributed by atoms with van der Waals surface area (Å²) in [6.45, 7) is 0.533. The van der Waals surface area contributed by atoms with Crippen LogP contribution in [0.25, 0.3) is 11.2 Å². The van der Waals surface area contributed by atoms with E-state index in [4.69, 9.17) is 27.9 Å². The van der Waals surface area contributed by atoms with Crippen molar-refractivity contribution in [3.8, 4) is 5.75 Å². The van der Waals surface area contributed by atoms with Gasteiger partial charge in [-0.25, -0.2) is 9.97 Å². The lowest BCUT2D eigenvalue weighted by atomic mass is 10.3. The molecule has 20 heavy (non-hydrogen) atoms. The number of imidazole rings is 1. The number of nitrogens with zero attached hydrogens (tertiary/aromatic N) is 2. The second-order valence-corrected chi connectivity index (χ2v) is 4.99. The third-order valence-electron chi connectivity index (χ3n) is 2.78. The molecule has 1 N–H and O–H groups in total. The van der Waals surface area contributed by atoms with Crippen molar-refractivity contribution in [1.82, 2.24) is 15.0 Å². The summed E-state index contributed by atoms with van der Waals surface area (Å²) in [5.74, 6) is 1.63. The number of nitrogens with one attached hydrogen (secondary N) is 1. The van der Waals surface area contributed by atoms with Gasteiger partial charge in [0.2, 0.25) is 0 Å². The summed E-state index contributed by atoms with van der Waals surface area (Å²) in [5.41, 5.74) is 1.34. The summed E-state index contributed by atoms with van der Waals surface area (Å²) < 4.78 is 5.62. The summed E-state index contributed by atoms with van der Waals surface area (Å²) >= 11 is 11.8. The second kappa shape index (κ2) is 5.69. The molecule has 0 aliphatic rings. The van der Waals surface area contributed by atoms with Crippen LogP contribution in [0.2, 0.25) is 10.2 Å². The number of halogens is 2. The van der Waals surface area contributed by atoms with Crippen LogP contribution in [0.5, 0.6) is 5.75 Å². The normalized spacial score (nSPS) is 10.9. The van der Waals surface area contributed by atoms with Gasteiger partial charge >= 0.3 is 0 Å². The highest BCUT2D eigenvalue weighted by Gasteiger charge is 2.08. The van der Waals surface area contributed by atoms with Crippen molar-refractivity contribution in [3.63, 3.8) is 0 Å². The van der Waals surface area contributed by atoms with E-state index in [2.05, 4.69) is 15.0 Å². The molecule has 6 heteroatoms. The van der Waals surface area contributed by atoms with Crippen LogP contribution in [0.3, 0.4) is 0 Å². The number of rotatable bonds is 4. The molecule has 2 heterocycles. The summed E-state index contributed by atoms with van der Waals surface area (Å²) in [7, 11) is 0. The van der Waals surface area contributed by atoms with Gasteiger partial charge in [0.25, 0.3) is 0 Å². The van der Waals surface area contributed by atoms with Crippen LogP contribution in [0.4, 0.5) is 0 Å². The van der Waals surface area contributed by atoms with Crippen LogP contribution in [-0.2, 0) is 6.42 Å². The lowest BCUT2D eigenvalue weighted by Crippen LogP contribution is -2.02. The zero-order valence-electron chi connectivity index (χ0n) is 10.4. The first kappa shape index (κ1) is 13.2. The molecule has 0 amide bonds. The number of aromatic nitrogens is 3.